The van der Waals surface area contributed by atoms with Gasteiger partial charge in [-0.15, -0.1) is 11.3 Å². The smallest absolute Gasteiger partial charge is 0.242 e. The molecule has 0 fully saturated rings. The van der Waals surface area contributed by atoms with Gasteiger partial charge in [0, 0.05) is 35.1 Å². The molecule has 31 heavy (non-hydrogen) atoms. The average Bonchev–Trinajstić information content (AvgIpc) is 3.23. The van der Waals surface area contributed by atoms with Crippen LogP contribution in [0.5, 0.6) is 11.5 Å². The fraction of sp³-hybridized carbons (Fsp3) is 0.391. The Morgan fingerprint density at radius 3 is 2.58 bits per heavy atom. The summed E-state index contributed by atoms with van der Waals surface area (Å²) in [5.41, 5.74) is 2.58. The number of unbranched alkanes of at least 4 members (excludes halogenated alkanes) is 1. The molecule has 0 unspecified atom stereocenters. The van der Waals surface area contributed by atoms with Gasteiger partial charge in [-0.25, -0.2) is 13.1 Å². The number of nitrogens with one attached hydrogen (secondary N) is 1. The normalized spacial score (nSPS) is 14.5. The van der Waals surface area contributed by atoms with Crippen molar-refractivity contribution in [1.29, 1.82) is 0 Å². The van der Waals surface area contributed by atoms with Gasteiger partial charge in [-0.2, -0.15) is 0 Å². The first kappa shape index (κ1) is 22.1. The van der Waals surface area contributed by atoms with E-state index in [-0.39, 0.29) is 0 Å². The summed E-state index contributed by atoms with van der Waals surface area (Å²) in [6.07, 6.45) is 2.72. The molecule has 4 rings (SSSR count). The molecule has 0 amide bonds. The summed E-state index contributed by atoms with van der Waals surface area (Å²) in [6, 6.07) is 11.7. The second-order valence-corrected chi connectivity index (χ2v) is 10.3. The minimum atomic E-state index is -3.48. The van der Waals surface area contributed by atoms with Gasteiger partial charge in [0.05, 0.1) is 14.2 Å². The summed E-state index contributed by atoms with van der Waals surface area (Å²) in [6.45, 7) is 3.26. The van der Waals surface area contributed by atoms with E-state index in [0.717, 1.165) is 60.5 Å². The Balaban J connectivity index is 1.27. The van der Waals surface area contributed by atoms with E-state index in [9.17, 15) is 8.42 Å². The molecule has 0 saturated carbocycles. The van der Waals surface area contributed by atoms with E-state index in [1.54, 1.807) is 19.6 Å². The third-order valence-electron chi connectivity index (χ3n) is 5.73. The van der Waals surface area contributed by atoms with Crippen LogP contribution in [0.15, 0.2) is 46.7 Å². The average molecular weight is 461 g/mol. The van der Waals surface area contributed by atoms with E-state index < -0.39 is 10.0 Å². The zero-order valence-electron chi connectivity index (χ0n) is 17.9. The summed E-state index contributed by atoms with van der Waals surface area (Å²) in [7, 11) is -0.163. The van der Waals surface area contributed by atoms with Gasteiger partial charge >= 0.3 is 0 Å². The number of thiophene rings is 1. The van der Waals surface area contributed by atoms with Crippen LogP contribution in [-0.2, 0) is 23.0 Å². The molecule has 2 aromatic carbocycles. The van der Waals surface area contributed by atoms with Crippen LogP contribution in [0.25, 0.3) is 10.1 Å². The first-order valence-electron chi connectivity index (χ1n) is 10.4. The van der Waals surface area contributed by atoms with Crippen molar-refractivity contribution in [3.8, 4) is 11.5 Å². The van der Waals surface area contributed by atoms with Gasteiger partial charge in [0.25, 0.3) is 0 Å². The molecule has 1 N–H and O–H groups in total. The number of rotatable bonds is 9. The molecule has 0 radical (unpaired) electrons. The number of hydrogen-bond donors (Lipinski definition) is 1. The van der Waals surface area contributed by atoms with Gasteiger partial charge in [0.1, 0.15) is 4.90 Å². The van der Waals surface area contributed by atoms with Gasteiger partial charge in [-0.1, -0.05) is 18.2 Å². The molecule has 0 bridgehead atoms. The Hall–Kier alpha value is -2.13. The number of fused-ring (bicyclic) bond motifs is 2. The van der Waals surface area contributed by atoms with E-state index >= 15 is 0 Å². The maximum absolute atomic E-state index is 12.7. The number of sulfonamides is 1. The molecule has 1 aliphatic heterocycles. The van der Waals surface area contributed by atoms with Crippen molar-refractivity contribution in [1.82, 2.24) is 9.62 Å². The lowest BCUT2D eigenvalue weighted by atomic mass is 9.98. The Kier molecular flexibility index (Phi) is 6.81. The standard InChI is InChI=1S/C23H28N2O4S2/c1-28-20-13-17-9-12-25(15-18(17)14-21(20)29-2)11-6-5-10-24-31(26,27)23-16-30-22-8-4-3-7-19(22)23/h3-4,7-8,13-14,16,24H,5-6,9-12,15H2,1-2H3. The van der Waals surface area contributed by atoms with E-state index in [1.807, 2.05) is 24.3 Å². The summed E-state index contributed by atoms with van der Waals surface area (Å²) in [4.78, 5) is 2.79. The second kappa shape index (κ2) is 9.56. The minimum absolute atomic E-state index is 0.380. The summed E-state index contributed by atoms with van der Waals surface area (Å²) in [5, 5.41) is 2.51. The fourth-order valence-corrected chi connectivity index (χ4v) is 6.61. The molecule has 2 heterocycles. The quantitative estimate of drug-likeness (QED) is 0.488. The topological polar surface area (TPSA) is 67.9 Å². The highest BCUT2D eigenvalue weighted by molar-refractivity contribution is 7.90. The molecule has 0 aliphatic carbocycles. The Bertz CT molecular complexity index is 1160. The van der Waals surface area contributed by atoms with Crippen LogP contribution in [-0.4, -0.2) is 47.2 Å². The van der Waals surface area contributed by atoms with Gasteiger partial charge in [0.2, 0.25) is 10.0 Å². The Morgan fingerprint density at radius 2 is 1.81 bits per heavy atom. The van der Waals surface area contributed by atoms with Crippen molar-refractivity contribution in [3.63, 3.8) is 0 Å². The Labute approximate surface area is 187 Å². The maximum Gasteiger partial charge on any atom is 0.242 e. The molecular weight excluding hydrogens is 432 g/mol. The van der Waals surface area contributed by atoms with Gasteiger partial charge in [0.15, 0.2) is 11.5 Å². The number of nitrogens with zero attached hydrogens (tertiary/aromatic N) is 1. The summed E-state index contributed by atoms with van der Waals surface area (Å²) < 4.78 is 40.0. The zero-order valence-corrected chi connectivity index (χ0v) is 19.5. The molecule has 0 spiro atoms. The third-order valence-corrected chi connectivity index (χ3v) is 8.34. The zero-order chi connectivity index (χ0) is 21.8. The second-order valence-electron chi connectivity index (χ2n) is 7.70. The largest absolute Gasteiger partial charge is 0.493 e. The van der Waals surface area contributed by atoms with E-state index in [1.165, 1.54) is 22.5 Å². The number of hydrogen-bond acceptors (Lipinski definition) is 6. The monoisotopic (exact) mass is 460 g/mol. The van der Waals surface area contributed by atoms with Crippen LogP contribution in [0.2, 0.25) is 0 Å². The lowest BCUT2D eigenvalue weighted by Gasteiger charge is -2.29. The van der Waals surface area contributed by atoms with Crippen LogP contribution in [0.4, 0.5) is 0 Å². The molecule has 6 nitrogen and oxygen atoms in total. The molecule has 166 valence electrons. The van der Waals surface area contributed by atoms with E-state index in [4.69, 9.17) is 9.47 Å². The van der Waals surface area contributed by atoms with Gasteiger partial charge in [-0.05, 0) is 55.1 Å². The SMILES string of the molecule is COc1cc2c(cc1OC)CN(CCCCNS(=O)(=O)c1csc3ccccc13)CC2. The lowest BCUT2D eigenvalue weighted by molar-refractivity contribution is 0.248. The minimum Gasteiger partial charge on any atom is -0.493 e. The van der Waals surface area contributed by atoms with Crippen LogP contribution < -0.4 is 14.2 Å². The van der Waals surface area contributed by atoms with Crippen molar-refractivity contribution in [3.05, 3.63) is 52.9 Å². The molecule has 8 heteroatoms. The van der Waals surface area contributed by atoms with E-state index in [2.05, 4.69) is 21.8 Å². The predicted octanol–water partition coefficient (Wildman–Crippen LogP) is 4.04. The first-order chi connectivity index (χ1) is 15.0. The van der Waals surface area contributed by atoms with Crippen molar-refractivity contribution in [2.45, 2.75) is 30.7 Å². The third kappa shape index (κ3) is 4.87. The fourth-order valence-electron chi connectivity index (χ4n) is 4.04. The van der Waals surface area contributed by atoms with Gasteiger partial charge in [-0.3, -0.25) is 4.90 Å². The molecule has 3 aromatic rings. The van der Waals surface area contributed by atoms with Crippen LogP contribution in [0.1, 0.15) is 24.0 Å². The summed E-state index contributed by atoms with van der Waals surface area (Å²) >= 11 is 1.46. The van der Waals surface area contributed by atoms with Crippen LogP contribution in [0, 0.1) is 0 Å². The molecule has 0 atom stereocenters. The highest BCUT2D eigenvalue weighted by atomic mass is 32.2. The number of benzene rings is 2. The van der Waals surface area contributed by atoms with Crippen molar-refractivity contribution in [2.75, 3.05) is 33.9 Å². The molecule has 0 saturated heterocycles. The van der Waals surface area contributed by atoms with Crippen LogP contribution >= 0.6 is 11.3 Å². The molecule has 1 aromatic heterocycles. The van der Waals surface area contributed by atoms with Crippen molar-refractivity contribution < 1.29 is 17.9 Å². The number of ether oxygens (including phenoxy) is 2. The van der Waals surface area contributed by atoms with Gasteiger partial charge < -0.3 is 9.47 Å². The van der Waals surface area contributed by atoms with E-state index in [0.29, 0.717) is 11.4 Å². The van der Waals surface area contributed by atoms with Crippen LogP contribution in [0.3, 0.4) is 0 Å². The Morgan fingerprint density at radius 1 is 1.06 bits per heavy atom. The lowest BCUT2D eigenvalue weighted by Crippen LogP contribution is -2.32. The van der Waals surface area contributed by atoms with Crippen molar-refractivity contribution >= 4 is 31.4 Å². The molecule has 1 aliphatic rings. The number of methoxy groups -OCH3 is 2. The predicted molar refractivity (Wildman–Crippen MR) is 125 cm³/mol. The van der Waals surface area contributed by atoms with Crippen molar-refractivity contribution in [2.24, 2.45) is 0 Å². The highest BCUT2D eigenvalue weighted by Gasteiger charge is 2.20. The highest BCUT2D eigenvalue weighted by Crippen LogP contribution is 2.33. The first-order valence-corrected chi connectivity index (χ1v) is 12.8. The summed E-state index contributed by atoms with van der Waals surface area (Å²) in [5.74, 6) is 1.54. The molecular formula is C23H28N2O4S2. The maximum atomic E-state index is 12.7.